The van der Waals surface area contributed by atoms with E-state index in [1.165, 1.54) is 48.2 Å². The molecule has 0 saturated carbocycles. The molecular formula is C17H17FN4O5. The number of nitrogens with one attached hydrogen (secondary N) is 1. The monoisotopic (exact) mass is 376 g/mol. The van der Waals surface area contributed by atoms with E-state index in [4.69, 9.17) is 4.74 Å². The molecule has 1 aliphatic heterocycles. The van der Waals surface area contributed by atoms with Gasteiger partial charge < -0.3 is 19.4 Å². The number of carbonyl (C=O) groups is 3. The van der Waals surface area contributed by atoms with Gasteiger partial charge in [-0.3, -0.25) is 9.69 Å². The van der Waals surface area contributed by atoms with Gasteiger partial charge in [0, 0.05) is 13.1 Å². The molecule has 0 radical (unpaired) electrons. The van der Waals surface area contributed by atoms with Crippen LogP contribution in [0.5, 0.6) is 0 Å². The van der Waals surface area contributed by atoms with Crippen molar-refractivity contribution in [1.29, 1.82) is 0 Å². The van der Waals surface area contributed by atoms with Crippen molar-refractivity contribution in [2.75, 3.05) is 25.1 Å². The van der Waals surface area contributed by atoms with E-state index in [2.05, 4.69) is 15.0 Å². The van der Waals surface area contributed by atoms with E-state index in [9.17, 15) is 18.8 Å². The molecule has 1 aromatic heterocycles. The zero-order chi connectivity index (χ0) is 19.6. The number of esters is 1. The predicted octanol–water partition coefficient (Wildman–Crippen LogP) is 1.26. The van der Waals surface area contributed by atoms with Crippen molar-refractivity contribution < 1.29 is 28.2 Å². The molecule has 0 aliphatic carbocycles. The van der Waals surface area contributed by atoms with Gasteiger partial charge in [0.1, 0.15) is 18.2 Å². The Kier molecular flexibility index (Phi) is 5.06. The number of nitrogens with zero attached hydrogens (tertiary/aromatic N) is 3. The summed E-state index contributed by atoms with van der Waals surface area (Å²) in [5.41, 5.74) is 0.522. The molecule has 0 spiro atoms. The van der Waals surface area contributed by atoms with E-state index in [1.807, 2.05) is 0 Å². The molecule has 10 heteroatoms. The van der Waals surface area contributed by atoms with Gasteiger partial charge in [0.25, 0.3) is 0 Å². The highest BCUT2D eigenvalue weighted by molar-refractivity contribution is 5.90. The number of aromatic nitrogens is 2. The molecule has 1 aliphatic rings. The molecular weight excluding hydrogens is 359 g/mol. The van der Waals surface area contributed by atoms with Crippen molar-refractivity contribution >= 4 is 23.7 Å². The summed E-state index contributed by atoms with van der Waals surface area (Å²) >= 11 is 0. The molecule has 2 aromatic rings. The third kappa shape index (κ3) is 3.89. The summed E-state index contributed by atoms with van der Waals surface area (Å²) in [6.07, 6.45) is 1.50. The molecule has 142 valence electrons. The highest BCUT2D eigenvalue weighted by Gasteiger charge is 2.32. The second-order valence-corrected chi connectivity index (χ2v) is 5.85. The van der Waals surface area contributed by atoms with Crippen LogP contribution in [0.25, 0.3) is 5.69 Å². The van der Waals surface area contributed by atoms with Crippen LogP contribution in [0.2, 0.25) is 0 Å². The molecule has 2 heterocycles. The van der Waals surface area contributed by atoms with Gasteiger partial charge in [0.15, 0.2) is 5.69 Å². The largest absolute Gasteiger partial charge is 0.464 e. The van der Waals surface area contributed by atoms with Crippen LogP contribution in [0.4, 0.5) is 14.9 Å². The highest BCUT2D eigenvalue weighted by atomic mass is 19.1. The summed E-state index contributed by atoms with van der Waals surface area (Å²) in [7, 11) is 1.23. The van der Waals surface area contributed by atoms with Crippen molar-refractivity contribution in [2.45, 2.75) is 13.0 Å². The summed E-state index contributed by atoms with van der Waals surface area (Å²) in [6.45, 7) is 1.74. The summed E-state index contributed by atoms with van der Waals surface area (Å²) < 4.78 is 25.6. The van der Waals surface area contributed by atoms with Crippen LogP contribution in [0.1, 0.15) is 17.4 Å². The van der Waals surface area contributed by atoms with Gasteiger partial charge in [-0.2, -0.15) is 0 Å². The number of amides is 2. The lowest BCUT2D eigenvalue weighted by molar-refractivity contribution is -0.119. The Hall–Kier alpha value is -3.43. The Morgan fingerprint density at radius 2 is 2.22 bits per heavy atom. The number of imidazole rings is 1. The molecule has 9 nitrogen and oxygen atoms in total. The molecule has 1 unspecified atom stereocenters. The van der Waals surface area contributed by atoms with E-state index < -0.39 is 24.0 Å². The Morgan fingerprint density at radius 1 is 1.44 bits per heavy atom. The third-order valence-corrected chi connectivity index (χ3v) is 3.95. The quantitative estimate of drug-likeness (QED) is 0.788. The molecule has 2 amide bonds. The van der Waals surface area contributed by atoms with Crippen molar-refractivity contribution in [3.05, 3.63) is 42.2 Å². The number of hydrogen-bond acceptors (Lipinski definition) is 6. The second kappa shape index (κ2) is 7.44. The van der Waals surface area contributed by atoms with E-state index in [1.54, 1.807) is 6.07 Å². The maximum atomic E-state index is 14.6. The molecule has 1 aromatic carbocycles. The minimum absolute atomic E-state index is 0.0462. The first-order valence-electron chi connectivity index (χ1n) is 8.04. The van der Waals surface area contributed by atoms with E-state index >= 15 is 0 Å². The van der Waals surface area contributed by atoms with Crippen LogP contribution >= 0.6 is 0 Å². The molecule has 1 atom stereocenters. The first-order chi connectivity index (χ1) is 12.9. The van der Waals surface area contributed by atoms with E-state index in [0.717, 1.165) is 0 Å². The number of methoxy groups -OCH3 is 1. The summed E-state index contributed by atoms with van der Waals surface area (Å²) in [5.74, 6) is -1.47. The predicted molar refractivity (Wildman–Crippen MR) is 91.2 cm³/mol. The zero-order valence-corrected chi connectivity index (χ0v) is 14.6. The number of cyclic esters (lactones) is 1. The van der Waals surface area contributed by atoms with Crippen LogP contribution < -0.4 is 10.2 Å². The number of hydrogen-bond donors (Lipinski definition) is 1. The average Bonchev–Trinajstić information content (AvgIpc) is 3.26. The number of halogens is 1. The standard InChI is InChI=1S/C17H17FN4O5/c1-10(23)19-6-12-7-22(17(25)27-12)11-3-4-15(13(18)5-11)21-8-14(20-9-21)16(24)26-2/h3-5,8-9,12H,6-7H2,1-2H3,(H,19,23). The smallest absolute Gasteiger partial charge is 0.414 e. The molecule has 1 saturated heterocycles. The van der Waals surface area contributed by atoms with Crippen molar-refractivity contribution in [3.8, 4) is 5.69 Å². The van der Waals surface area contributed by atoms with Crippen molar-refractivity contribution in [2.24, 2.45) is 0 Å². The maximum Gasteiger partial charge on any atom is 0.414 e. The molecule has 0 bridgehead atoms. The maximum absolute atomic E-state index is 14.6. The van der Waals surface area contributed by atoms with Gasteiger partial charge in [0.05, 0.1) is 31.6 Å². The highest BCUT2D eigenvalue weighted by Crippen LogP contribution is 2.25. The SMILES string of the molecule is COC(=O)c1cn(-c2ccc(N3CC(CNC(C)=O)OC3=O)cc2F)cn1. The van der Waals surface area contributed by atoms with Crippen LogP contribution in [0.3, 0.4) is 0 Å². The number of rotatable bonds is 5. The lowest BCUT2D eigenvalue weighted by atomic mass is 10.2. The van der Waals surface area contributed by atoms with Gasteiger partial charge in [-0.15, -0.1) is 0 Å². The van der Waals surface area contributed by atoms with Gasteiger partial charge in [-0.25, -0.2) is 19.0 Å². The Labute approximate surface area is 153 Å². The molecule has 1 N–H and O–H groups in total. The number of benzene rings is 1. The first-order valence-corrected chi connectivity index (χ1v) is 8.04. The van der Waals surface area contributed by atoms with Crippen molar-refractivity contribution in [3.63, 3.8) is 0 Å². The van der Waals surface area contributed by atoms with Crippen LogP contribution in [-0.2, 0) is 14.3 Å². The zero-order valence-electron chi connectivity index (χ0n) is 14.6. The fourth-order valence-electron chi connectivity index (χ4n) is 2.63. The third-order valence-electron chi connectivity index (χ3n) is 3.95. The lowest BCUT2D eigenvalue weighted by Gasteiger charge is -2.14. The second-order valence-electron chi connectivity index (χ2n) is 5.85. The Morgan fingerprint density at radius 3 is 2.89 bits per heavy atom. The van der Waals surface area contributed by atoms with Gasteiger partial charge in [-0.05, 0) is 18.2 Å². The van der Waals surface area contributed by atoms with Gasteiger partial charge in [-0.1, -0.05) is 0 Å². The summed E-state index contributed by atoms with van der Waals surface area (Å²) in [6, 6.07) is 4.20. The minimum Gasteiger partial charge on any atom is -0.464 e. The summed E-state index contributed by atoms with van der Waals surface area (Å²) in [5, 5.41) is 2.57. The van der Waals surface area contributed by atoms with E-state index in [-0.39, 0.29) is 30.4 Å². The van der Waals surface area contributed by atoms with Gasteiger partial charge in [0.2, 0.25) is 5.91 Å². The normalized spacial score (nSPS) is 16.2. The average molecular weight is 376 g/mol. The fraction of sp³-hybridized carbons (Fsp3) is 0.294. The van der Waals surface area contributed by atoms with Crippen LogP contribution in [-0.4, -0.2) is 53.8 Å². The Bertz CT molecular complexity index is 897. The summed E-state index contributed by atoms with van der Waals surface area (Å²) in [4.78, 5) is 39.6. The topological polar surface area (TPSA) is 103 Å². The van der Waals surface area contributed by atoms with Crippen LogP contribution in [0, 0.1) is 5.82 Å². The number of carbonyl (C=O) groups excluding carboxylic acids is 3. The van der Waals surface area contributed by atoms with Crippen molar-refractivity contribution in [1.82, 2.24) is 14.9 Å². The molecule has 1 fully saturated rings. The first kappa shape index (κ1) is 18.4. The molecule has 27 heavy (non-hydrogen) atoms. The van der Waals surface area contributed by atoms with Gasteiger partial charge >= 0.3 is 12.1 Å². The number of ether oxygens (including phenoxy) is 2. The lowest BCUT2D eigenvalue weighted by Crippen LogP contribution is -2.33. The molecule has 3 rings (SSSR count). The number of anilines is 1. The minimum atomic E-state index is -0.629. The van der Waals surface area contributed by atoms with Crippen LogP contribution in [0.15, 0.2) is 30.7 Å². The fourth-order valence-corrected chi connectivity index (χ4v) is 2.63. The Balaban J connectivity index is 1.77. The van der Waals surface area contributed by atoms with E-state index in [0.29, 0.717) is 5.69 Å².